The molecule has 6 rings (SSSR count). The Morgan fingerprint density at radius 3 is 2.02 bits per heavy atom. The van der Waals surface area contributed by atoms with Crippen LogP contribution in [-0.4, -0.2) is 67.7 Å². The molecule has 14 heteroatoms. The van der Waals surface area contributed by atoms with Gasteiger partial charge in [-0.1, -0.05) is 54.6 Å². The molecule has 1 unspecified atom stereocenters. The summed E-state index contributed by atoms with van der Waals surface area (Å²) in [5.41, 5.74) is -1.97. The first kappa shape index (κ1) is 31.8. The van der Waals surface area contributed by atoms with Gasteiger partial charge in [-0.2, -0.15) is 4.98 Å². The van der Waals surface area contributed by atoms with Gasteiger partial charge >= 0.3 is 17.9 Å². The van der Waals surface area contributed by atoms with Crippen molar-refractivity contribution in [1.29, 1.82) is 0 Å². The third kappa shape index (κ3) is 6.41. The van der Waals surface area contributed by atoms with Crippen LogP contribution in [0.1, 0.15) is 51.1 Å². The fraction of sp³-hybridized carbons (Fsp3) is 0.206. The number of ether oxygens (including phenoxy) is 4. The number of hydrogen-bond donors (Lipinski definition) is 2. The van der Waals surface area contributed by atoms with E-state index in [1.165, 1.54) is 24.7 Å². The van der Waals surface area contributed by atoms with E-state index in [9.17, 15) is 24.0 Å². The highest BCUT2D eigenvalue weighted by Gasteiger charge is 2.60. The monoisotopic (exact) mass is 651 g/mol. The van der Waals surface area contributed by atoms with Gasteiger partial charge in [0.1, 0.15) is 12.7 Å². The summed E-state index contributed by atoms with van der Waals surface area (Å²) in [6, 6.07) is 24.6. The van der Waals surface area contributed by atoms with Gasteiger partial charge in [-0.25, -0.2) is 19.4 Å². The number of aromatic nitrogens is 4. The number of esters is 3. The first-order chi connectivity index (χ1) is 23.1. The summed E-state index contributed by atoms with van der Waals surface area (Å²) in [5.74, 6) is -2.86. The predicted molar refractivity (Wildman–Crippen MR) is 169 cm³/mol. The van der Waals surface area contributed by atoms with E-state index in [1.54, 1.807) is 91.0 Å². The standard InChI is InChI=1S/C34H29N5O9/c1-20(40)36-33-37-27-25(28(41)38-33)35-19-39(27)32-34(2,48-31(44)23-16-10-5-11-17-23)26(47-30(43)22-14-8-4-9-15-22)24(46-32)18-45-29(42)21-12-6-3-7-13-21/h3-17,19,24,26,32H,18H2,1-2H3,(H2,36,37,38,40,41)/t24-,26?,32-,34-/m1/s1. The number of benzene rings is 3. The van der Waals surface area contributed by atoms with Crippen LogP contribution < -0.4 is 10.9 Å². The van der Waals surface area contributed by atoms with Crippen LogP contribution >= 0.6 is 0 Å². The Hall–Kier alpha value is -6.15. The van der Waals surface area contributed by atoms with E-state index in [0.29, 0.717) is 0 Å². The lowest BCUT2D eigenvalue weighted by Crippen LogP contribution is -2.50. The highest BCUT2D eigenvalue weighted by Crippen LogP contribution is 2.44. The Kier molecular flexibility index (Phi) is 8.81. The van der Waals surface area contributed by atoms with Gasteiger partial charge in [0, 0.05) is 6.92 Å². The van der Waals surface area contributed by atoms with Crippen molar-refractivity contribution >= 4 is 40.9 Å². The maximum absolute atomic E-state index is 13.6. The molecule has 3 aromatic carbocycles. The summed E-state index contributed by atoms with van der Waals surface area (Å²) in [5, 5.41) is 2.43. The predicted octanol–water partition coefficient (Wildman–Crippen LogP) is 3.67. The summed E-state index contributed by atoms with van der Waals surface area (Å²) < 4.78 is 25.5. The zero-order valence-electron chi connectivity index (χ0n) is 25.7. The topological polar surface area (TPSA) is 181 Å². The van der Waals surface area contributed by atoms with E-state index < -0.39 is 60.0 Å². The van der Waals surface area contributed by atoms with Crippen molar-refractivity contribution in [2.24, 2.45) is 0 Å². The molecule has 2 N–H and O–H groups in total. The molecule has 0 bridgehead atoms. The van der Waals surface area contributed by atoms with E-state index in [1.807, 2.05) is 0 Å². The van der Waals surface area contributed by atoms with Gasteiger partial charge in [0.05, 0.1) is 23.0 Å². The van der Waals surface area contributed by atoms with E-state index in [0.717, 1.165) is 0 Å². The van der Waals surface area contributed by atoms with Crippen molar-refractivity contribution < 1.29 is 38.1 Å². The lowest BCUT2D eigenvalue weighted by atomic mass is 9.95. The summed E-state index contributed by atoms with van der Waals surface area (Å²) >= 11 is 0. The van der Waals surface area contributed by atoms with Crippen LogP contribution in [0, 0.1) is 0 Å². The molecular weight excluding hydrogens is 622 g/mol. The average Bonchev–Trinajstić information content (AvgIpc) is 3.62. The Bertz CT molecular complexity index is 2030. The Balaban J connectivity index is 1.45. The largest absolute Gasteiger partial charge is 0.459 e. The number of rotatable bonds is 9. The molecule has 1 saturated heterocycles. The number of anilines is 1. The van der Waals surface area contributed by atoms with E-state index in [-0.39, 0.29) is 33.8 Å². The van der Waals surface area contributed by atoms with Crippen molar-refractivity contribution in [3.63, 3.8) is 0 Å². The van der Waals surface area contributed by atoms with Crippen LogP contribution in [0.5, 0.6) is 0 Å². The second kappa shape index (κ2) is 13.3. The van der Waals surface area contributed by atoms with Crippen molar-refractivity contribution in [2.75, 3.05) is 11.9 Å². The Morgan fingerprint density at radius 1 is 0.875 bits per heavy atom. The zero-order chi connectivity index (χ0) is 33.8. The molecule has 5 aromatic rings. The number of amides is 1. The lowest BCUT2D eigenvalue weighted by Gasteiger charge is -2.34. The summed E-state index contributed by atoms with van der Waals surface area (Å²) in [6.07, 6.45) is -2.67. The second-order valence-corrected chi connectivity index (χ2v) is 11.0. The normalized spacial score (nSPS) is 20.2. The van der Waals surface area contributed by atoms with Crippen LogP contribution in [0.3, 0.4) is 0 Å². The van der Waals surface area contributed by atoms with Gasteiger partial charge in [-0.15, -0.1) is 0 Å². The molecular formula is C34H29N5O9. The molecule has 48 heavy (non-hydrogen) atoms. The SMILES string of the molecule is CC(=O)Nc1nc2c(ncn2[C@@H]2O[C@H](COC(=O)c3ccccc3)C(OC(=O)c3ccccc3)[C@@]2(C)OC(=O)c2ccccc2)c(=O)[nH]1. The Labute approximate surface area is 272 Å². The number of nitrogens with zero attached hydrogens (tertiary/aromatic N) is 3. The molecule has 4 atom stereocenters. The van der Waals surface area contributed by atoms with Crippen LogP contribution in [0.25, 0.3) is 11.2 Å². The van der Waals surface area contributed by atoms with Crippen LogP contribution in [0.15, 0.2) is 102 Å². The van der Waals surface area contributed by atoms with Crippen molar-refractivity contribution in [2.45, 2.75) is 37.9 Å². The molecule has 2 aromatic heterocycles. The smallest absolute Gasteiger partial charge is 0.338 e. The fourth-order valence-electron chi connectivity index (χ4n) is 5.38. The molecule has 0 saturated carbocycles. The molecule has 1 fully saturated rings. The zero-order valence-corrected chi connectivity index (χ0v) is 25.7. The number of carbonyl (C=O) groups is 4. The van der Waals surface area contributed by atoms with Crippen molar-refractivity contribution in [1.82, 2.24) is 19.5 Å². The fourth-order valence-corrected chi connectivity index (χ4v) is 5.38. The van der Waals surface area contributed by atoms with Gasteiger partial charge in [-0.05, 0) is 43.3 Å². The number of aromatic amines is 1. The summed E-state index contributed by atoms with van der Waals surface area (Å²) in [4.78, 5) is 75.7. The minimum atomic E-state index is -1.84. The highest BCUT2D eigenvalue weighted by atomic mass is 16.7. The van der Waals surface area contributed by atoms with Gasteiger partial charge in [0.15, 0.2) is 29.1 Å². The summed E-state index contributed by atoms with van der Waals surface area (Å²) in [7, 11) is 0. The molecule has 1 amide bonds. The molecule has 244 valence electrons. The van der Waals surface area contributed by atoms with Crippen LogP contribution in [0.2, 0.25) is 0 Å². The minimum Gasteiger partial charge on any atom is -0.459 e. The van der Waals surface area contributed by atoms with Crippen molar-refractivity contribution in [3.8, 4) is 0 Å². The van der Waals surface area contributed by atoms with Gasteiger partial charge in [0.25, 0.3) is 5.56 Å². The third-order valence-electron chi connectivity index (χ3n) is 7.63. The van der Waals surface area contributed by atoms with E-state index in [2.05, 4.69) is 20.3 Å². The van der Waals surface area contributed by atoms with E-state index in [4.69, 9.17) is 18.9 Å². The summed E-state index contributed by atoms with van der Waals surface area (Å²) in [6.45, 7) is 2.32. The second-order valence-electron chi connectivity index (χ2n) is 11.0. The van der Waals surface area contributed by atoms with Gasteiger partial charge in [0.2, 0.25) is 11.9 Å². The minimum absolute atomic E-state index is 0.0375. The quantitative estimate of drug-likeness (QED) is 0.175. The molecule has 0 aliphatic carbocycles. The first-order valence-corrected chi connectivity index (χ1v) is 14.8. The lowest BCUT2D eigenvalue weighted by molar-refractivity contribution is -0.114. The molecule has 0 spiro atoms. The van der Waals surface area contributed by atoms with Crippen LogP contribution in [0.4, 0.5) is 5.95 Å². The third-order valence-corrected chi connectivity index (χ3v) is 7.63. The number of imidazole rings is 1. The maximum Gasteiger partial charge on any atom is 0.338 e. The van der Waals surface area contributed by atoms with Gasteiger partial charge < -0.3 is 18.9 Å². The highest BCUT2D eigenvalue weighted by molar-refractivity contribution is 5.91. The number of hydrogen-bond acceptors (Lipinski definition) is 11. The Morgan fingerprint density at radius 2 is 1.44 bits per heavy atom. The number of carbonyl (C=O) groups excluding carboxylic acids is 4. The molecule has 3 heterocycles. The molecule has 14 nitrogen and oxygen atoms in total. The number of fused-ring (bicyclic) bond motifs is 1. The molecule has 1 aliphatic heterocycles. The van der Waals surface area contributed by atoms with Crippen LogP contribution in [-0.2, 0) is 23.7 Å². The van der Waals surface area contributed by atoms with Crippen molar-refractivity contribution in [3.05, 3.63) is 124 Å². The number of H-pyrrole nitrogens is 1. The first-order valence-electron chi connectivity index (χ1n) is 14.8. The van der Waals surface area contributed by atoms with Gasteiger partial charge in [-0.3, -0.25) is 24.5 Å². The maximum atomic E-state index is 13.6. The average molecular weight is 652 g/mol. The van der Waals surface area contributed by atoms with E-state index >= 15 is 0 Å². The number of nitrogens with one attached hydrogen (secondary N) is 2. The molecule has 1 aliphatic rings. The molecule has 0 radical (unpaired) electrons.